The van der Waals surface area contributed by atoms with Crippen LogP contribution in [0.1, 0.15) is 30.1 Å². The molecule has 0 spiro atoms. The molecular formula is C14H8Cl2F3N5S. The molecule has 0 bridgehead atoms. The van der Waals surface area contributed by atoms with Crippen molar-refractivity contribution in [2.75, 3.05) is 0 Å². The lowest BCUT2D eigenvalue weighted by Crippen LogP contribution is -2.07. The Balaban J connectivity index is 1.76. The van der Waals surface area contributed by atoms with Gasteiger partial charge in [0.25, 0.3) is 0 Å². The SMILES string of the molecule is FC(F)(F)c1cc(Cl)c2nnc(Sc3cc(Cl)nc(C4CC4)n3)n2c1. The van der Waals surface area contributed by atoms with Crippen LogP contribution >= 0.6 is 35.0 Å². The van der Waals surface area contributed by atoms with Crippen LogP contribution in [0.15, 0.2) is 28.5 Å². The Morgan fingerprint density at radius 3 is 2.56 bits per heavy atom. The van der Waals surface area contributed by atoms with Gasteiger partial charge < -0.3 is 0 Å². The summed E-state index contributed by atoms with van der Waals surface area (Å²) in [5.41, 5.74) is -0.745. The number of hydrogen-bond acceptors (Lipinski definition) is 5. The Hall–Kier alpha value is -1.58. The van der Waals surface area contributed by atoms with Crippen molar-refractivity contribution in [2.45, 2.75) is 35.1 Å². The fourth-order valence-electron chi connectivity index (χ4n) is 2.24. The molecule has 25 heavy (non-hydrogen) atoms. The number of halogens is 5. The van der Waals surface area contributed by atoms with Crippen LogP contribution in [-0.2, 0) is 6.18 Å². The van der Waals surface area contributed by atoms with Gasteiger partial charge in [0.05, 0.1) is 10.6 Å². The molecule has 3 aromatic heterocycles. The normalized spacial score (nSPS) is 15.1. The second-order valence-electron chi connectivity index (χ2n) is 5.51. The van der Waals surface area contributed by atoms with Crippen molar-refractivity contribution in [3.05, 3.63) is 39.9 Å². The largest absolute Gasteiger partial charge is 0.417 e. The molecule has 1 fully saturated rings. The molecule has 0 unspecified atom stereocenters. The number of rotatable bonds is 3. The third kappa shape index (κ3) is 3.40. The summed E-state index contributed by atoms with van der Waals surface area (Å²) in [7, 11) is 0. The highest BCUT2D eigenvalue weighted by Gasteiger charge is 2.32. The Morgan fingerprint density at radius 1 is 1.12 bits per heavy atom. The molecule has 5 nitrogen and oxygen atoms in total. The van der Waals surface area contributed by atoms with Crippen molar-refractivity contribution in [2.24, 2.45) is 0 Å². The number of hydrogen-bond donors (Lipinski definition) is 0. The van der Waals surface area contributed by atoms with Crippen LogP contribution in [0.25, 0.3) is 5.65 Å². The Labute approximate surface area is 153 Å². The van der Waals surface area contributed by atoms with E-state index in [2.05, 4.69) is 20.2 Å². The molecule has 0 N–H and O–H groups in total. The van der Waals surface area contributed by atoms with Crippen molar-refractivity contribution >= 4 is 40.6 Å². The number of aromatic nitrogens is 5. The van der Waals surface area contributed by atoms with Gasteiger partial charge in [-0.2, -0.15) is 13.2 Å². The summed E-state index contributed by atoms with van der Waals surface area (Å²) >= 11 is 13.0. The van der Waals surface area contributed by atoms with Crippen molar-refractivity contribution < 1.29 is 13.2 Å². The Morgan fingerprint density at radius 2 is 1.88 bits per heavy atom. The monoisotopic (exact) mass is 405 g/mol. The third-order valence-electron chi connectivity index (χ3n) is 3.58. The summed E-state index contributed by atoms with van der Waals surface area (Å²) in [5.74, 6) is 0.928. The van der Waals surface area contributed by atoms with Gasteiger partial charge >= 0.3 is 6.18 Å². The van der Waals surface area contributed by atoms with Crippen molar-refractivity contribution in [3.63, 3.8) is 0 Å². The smallest absolute Gasteiger partial charge is 0.275 e. The highest BCUT2D eigenvalue weighted by molar-refractivity contribution is 7.99. The van der Waals surface area contributed by atoms with E-state index < -0.39 is 11.7 Å². The molecule has 0 amide bonds. The van der Waals surface area contributed by atoms with E-state index in [0.717, 1.165) is 36.9 Å². The molecule has 1 aliphatic rings. The van der Waals surface area contributed by atoms with Gasteiger partial charge in [0.15, 0.2) is 5.65 Å². The Kier molecular flexibility index (Phi) is 4.04. The van der Waals surface area contributed by atoms with Crippen LogP contribution in [0.2, 0.25) is 10.2 Å². The second-order valence-corrected chi connectivity index (χ2v) is 7.30. The topological polar surface area (TPSA) is 56.0 Å². The molecule has 4 rings (SSSR count). The molecule has 0 saturated heterocycles. The van der Waals surface area contributed by atoms with Gasteiger partial charge in [0, 0.05) is 18.2 Å². The van der Waals surface area contributed by atoms with E-state index in [1.807, 2.05) is 0 Å². The molecule has 1 aliphatic carbocycles. The van der Waals surface area contributed by atoms with Crippen LogP contribution in [0.3, 0.4) is 0 Å². The van der Waals surface area contributed by atoms with Crippen LogP contribution in [0.4, 0.5) is 13.2 Å². The molecule has 1 saturated carbocycles. The van der Waals surface area contributed by atoms with Crippen LogP contribution in [-0.4, -0.2) is 24.6 Å². The molecule has 3 aromatic rings. The molecule has 0 atom stereocenters. The maximum absolute atomic E-state index is 13.0. The van der Waals surface area contributed by atoms with Gasteiger partial charge in [-0.3, -0.25) is 4.40 Å². The van der Waals surface area contributed by atoms with Crippen molar-refractivity contribution in [3.8, 4) is 0 Å². The quantitative estimate of drug-likeness (QED) is 0.581. The number of fused-ring (bicyclic) bond motifs is 1. The summed E-state index contributed by atoms with van der Waals surface area (Å²) in [6.45, 7) is 0. The van der Waals surface area contributed by atoms with Gasteiger partial charge in [-0.1, -0.05) is 23.2 Å². The zero-order chi connectivity index (χ0) is 17.8. The lowest BCUT2D eigenvalue weighted by atomic mass is 10.3. The minimum Gasteiger partial charge on any atom is -0.275 e. The standard InChI is InChI=1S/C14H8Cl2F3N5S/c15-8-3-7(14(17,18)19)5-24-12(8)22-23-13(24)25-10-4-9(16)20-11(21-10)6-1-2-6/h3-6H,1-2H2. The van der Waals surface area contributed by atoms with Gasteiger partial charge in [-0.25, -0.2) is 9.97 Å². The summed E-state index contributed by atoms with van der Waals surface area (Å²) in [6, 6.07) is 2.36. The maximum Gasteiger partial charge on any atom is 0.417 e. The second kappa shape index (κ2) is 6.00. The van der Waals surface area contributed by atoms with Crippen molar-refractivity contribution in [1.82, 2.24) is 24.6 Å². The first-order chi connectivity index (χ1) is 11.8. The summed E-state index contributed by atoms with van der Waals surface area (Å²) < 4.78 is 40.2. The molecule has 0 aliphatic heterocycles. The summed E-state index contributed by atoms with van der Waals surface area (Å²) in [6.07, 6.45) is -1.61. The highest BCUT2D eigenvalue weighted by Crippen LogP contribution is 2.40. The lowest BCUT2D eigenvalue weighted by molar-refractivity contribution is -0.137. The fourth-order valence-corrected chi connectivity index (χ4v) is 3.56. The van der Waals surface area contributed by atoms with E-state index in [1.54, 1.807) is 0 Å². The van der Waals surface area contributed by atoms with E-state index in [4.69, 9.17) is 23.2 Å². The number of alkyl halides is 3. The molecule has 130 valence electrons. The van der Waals surface area contributed by atoms with Crippen molar-refractivity contribution in [1.29, 1.82) is 0 Å². The van der Waals surface area contributed by atoms with E-state index in [1.165, 1.54) is 10.5 Å². The fraction of sp³-hybridized carbons (Fsp3) is 0.286. The van der Waals surface area contributed by atoms with E-state index in [0.29, 0.717) is 16.8 Å². The molecule has 11 heteroatoms. The molecule has 0 aromatic carbocycles. The first kappa shape index (κ1) is 16.9. The average molecular weight is 406 g/mol. The highest BCUT2D eigenvalue weighted by atomic mass is 35.5. The first-order valence-electron chi connectivity index (χ1n) is 7.15. The number of nitrogens with zero attached hydrogens (tertiary/aromatic N) is 5. The van der Waals surface area contributed by atoms with Gasteiger partial charge in [0.1, 0.15) is 16.0 Å². The maximum atomic E-state index is 13.0. The van der Waals surface area contributed by atoms with Crippen LogP contribution in [0.5, 0.6) is 0 Å². The van der Waals surface area contributed by atoms with Gasteiger partial charge in [0.2, 0.25) is 5.16 Å². The minimum atomic E-state index is -4.53. The molecular weight excluding hydrogens is 398 g/mol. The van der Waals surface area contributed by atoms with E-state index in [9.17, 15) is 13.2 Å². The zero-order valence-electron chi connectivity index (χ0n) is 12.3. The van der Waals surface area contributed by atoms with Gasteiger partial charge in [-0.05, 0) is 30.7 Å². The van der Waals surface area contributed by atoms with Gasteiger partial charge in [-0.15, -0.1) is 10.2 Å². The number of pyridine rings is 1. The van der Waals surface area contributed by atoms with E-state index in [-0.39, 0.29) is 21.0 Å². The lowest BCUT2D eigenvalue weighted by Gasteiger charge is -2.08. The predicted octanol–water partition coefficient (Wildman–Crippen LogP) is 4.87. The minimum absolute atomic E-state index is 0.131. The van der Waals surface area contributed by atoms with Crippen LogP contribution < -0.4 is 0 Å². The summed E-state index contributed by atoms with van der Waals surface area (Å²) in [5, 5.41) is 8.61. The zero-order valence-corrected chi connectivity index (χ0v) is 14.6. The third-order valence-corrected chi connectivity index (χ3v) is 4.93. The summed E-state index contributed by atoms with van der Waals surface area (Å²) in [4.78, 5) is 8.58. The average Bonchev–Trinajstić information content (AvgIpc) is 3.29. The molecule has 3 heterocycles. The predicted molar refractivity (Wildman–Crippen MR) is 86.1 cm³/mol. The first-order valence-corrected chi connectivity index (χ1v) is 8.72. The molecule has 0 radical (unpaired) electrons. The van der Waals surface area contributed by atoms with E-state index >= 15 is 0 Å². The van der Waals surface area contributed by atoms with Crippen LogP contribution in [0, 0.1) is 0 Å². The Bertz CT molecular complexity index is 971.